The molecule has 0 aliphatic heterocycles. The predicted octanol–water partition coefficient (Wildman–Crippen LogP) is 7.04. The number of rotatable bonds is 4. The second-order valence-corrected chi connectivity index (χ2v) is 7.70. The maximum atomic E-state index is 13.1. The van der Waals surface area contributed by atoms with E-state index < -0.39 is 0 Å². The standard InChI is InChI=1S/C22H12BrFN2OS/c23-17-5-1-15(2-6-17)21-10-9-19(27-21)11-16(12-25)22-26-20(13-28-22)14-3-7-18(24)8-4-14/h1-11,13H/b16-11+. The Morgan fingerprint density at radius 1 is 1.04 bits per heavy atom. The first kappa shape index (κ1) is 18.4. The fourth-order valence-corrected chi connectivity index (χ4v) is 3.69. The average Bonchev–Trinajstić information content (AvgIpc) is 3.37. The minimum atomic E-state index is -0.295. The van der Waals surface area contributed by atoms with Crippen molar-refractivity contribution >= 4 is 38.9 Å². The lowest BCUT2D eigenvalue weighted by molar-refractivity contribution is 0.572. The van der Waals surface area contributed by atoms with Crippen LogP contribution in [0.5, 0.6) is 0 Å². The smallest absolute Gasteiger partial charge is 0.134 e. The third-order valence-corrected chi connectivity index (χ3v) is 5.44. The molecule has 0 aliphatic carbocycles. The Balaban J connectivity index is 1.61. The van der Waals surface area contributed by atoms with Gasteiger partial charge >= 0.3 is 0 Å². The second kappa shape index (κ2) is 7.93. The van der Waals surface area contributed by atoms with Crippen LogP contribution in [0.4, 0.5) is 4.39 Å². The van der Waals surface area contributed by atoms with Gasteiger partial charge < -0.3 is 4.42 Å². The molecule has 136 valence electrons. The van der Waals surface area contributed by atoms with Crippen molar-refractivity contribution in [3.05, 3.63) is 87.1 Å². The van der Waals surface area contributed by atoms with Gasteiger partial charge in [0, 0.05) is 27.1 Å². The van der Waals surface area contributed by atoms with E-state index in [-0.39, 0.29) is 5.82 Å². The fraction of sp³-hybridized carbons (Fsp3) is 0. The molecule has 3 nitrogen and oxygen atoms in total. The number of furan rings is 1. The molecule has 0 saturated carbocycles. The molecule has 4 aromatic rings. The van der Waals surface area contributed by atoms with Gasteiger partial charge in [0.15, 0.2) is 0 Å². The van der Waals surface area contributed by atoms with Crippen LogP contribution < -0.4 is 0 Å². The zero-order valence-electron chi connectivity index (χ0n) is 14.4. The molecular formula is C22H12BrFN2OS. The van der Waals surface area contributed by atoms with Crippen molar-refractivity contribution in [3.63, 3.8) is 0 Å². The van der Waals surface area contributed by atoms with E-state index in [1.165, 1.54) is 23.5 Å². The number of allylic oxidation sites excluding steroid dienone is 1. The first-order valence-corrected chi connectivity index (χ1v) is 9.99. The molecule has 2 heterocycles. The first-order chi connectivity index (χ1) is 13.6. The van der Waals surface area contributed by atoms with Crippen LogP contribution in [0, 0.1) is 17.1 Å². The van der Waals surface area contributed by atoms with Crippen molar-refractivity contribution < 1.29 is 8.81 Å². The van der Waals surface area contributed by atoms with E-state index in [0.29, 0.717) is 22.0 Å². The van der Waals surface area contributed by atoms with Crippen molar-refractivity contribution in [2.45, 2.75) is 0 Å². The normalized spacial score (nSPS) is 11.4. The number of nitriles is 1. The van der Waals surface area contributed by atoms with Gasteiger partial charge in [-0.2, -0.15) is 5.26 Å². The minimum absolute atomic E-state index is 0.295. The van der Waals surface area contributed by atoms with Crippen LogP contribution in [0.3, 0.4) is 0 Å². The van der Waals surface area contributed by atoms with Crippen molar-refractivity contribution in [1.29, 1.82) is 5.26 Å². The SMILES string of the molecule is N#C/C(=C\c1ccc(-c2ccc(Br)cc2)o1)c1nc(-c2ccc(F)cc2)cs1. The highest BCUT2D eigenvalue weighted by Gasteiger charge is 2.11. The van der Waals surface area contributed by atoms with Crippen molar-refractivity contribution in [2.75, 3.05) is 0 Å². The molecule has 0 fully saturated rings. The van der Waals surface area contributed by atoms with E-state index in [1.807, 2.05) is 41.8 Å². The summed E-state index contributed by atoms with van der Waals surface area (Å²) >= 11 is 4.78. The van der Waals surface area contributed by atoms with E-state index in [9.17, 15) is 9.65 Å². The Bertz CT molecular complexity index is 1180. The largest absolute Gasteiger partial charge is 0.457 e. The van der Waals surface area contributed by atoms with Gasteiger partial charge in [-0.3, -0.25) is 0 Å². The summed E-state index contributed by atoms with van der Waals surface area (Å²) in [6.45, 7) is 0. The van der Waals surface area contributed by atoms with Crippen LogP contribution in [-0.4, -0.2) is 4.98 Å². The zero-order chi connectivity index (χ0) is 19.5. The lowest BCUT2D eigenvalue weighted by atomic mass is 10.2. The lowest BCUT2D eigenvalue weighted by Crippen LogP contribution is -1.83. The van der Waals surface area contributed by atoms with Gasteiger partial charge in [0.2, 0.25) is 0 Å². The van der Waals surface area contributed by atoms with Gasteiger partial charge in [-0.05, 0) is 48.5 Å². The summed E-state index contributed by atoms with van der Waals surface area (Å²) in [6, 6.07) is 19.8. The van der Waals surface area contributed by atoms with Gasteiger partial charge in [-0.25, -0.2) is 9.37 Å². The van der Waals surface area contributed by atoms with Crippen molar-refractivity contribution in [1.82, 2.24) is 4.98 Å². The Labute approximate surface area is 173 Å². The number of hydrogen-bond donors (Lipinski definition) is 0. The Morgan fingerprint density at radius 3 is 2.46 bits per heavy atom. The maximum Gasteiger partial charge on any atom is 0.134 e. The Hall–Kier alpha value is -3.01. The molecule has 0 radical (unpaired) electrons. The molecule has 2 aromatic carbocycles. The zero-order valence-corrected chi connectivity index (χ0v) is 16.8. The topological polar surface area (TPSA) is 49.8 Å². The summed E-state index contributed by atoms with van der Waals surface area (Å²) < 4.78 is 20.0. The molecule has 0 aliphatic rings. The minimum Gasteiger partial charge on any atom is -0.457 e. The van der Waals surface area contributed by atoms with Gasteiger partial charge in [-0.15, -0.1) is 11.3 Å². The number of nitrogens with zero attached hydrogens (tertiary/aromatic N) is 2. The molecule has 6 heteroatoms. The highest BCUT2D eigenvalue weighted by atomic mass is 79.9. The van der Waals surface area contributed by atoms with Gasteiger partial charge in [-0.1, -0.05) is 28.1 Å². The molecule has 28 heavy (non-hydrogen) atoms. The van der Waals surface area contributed by atoms with Crippen molar-refractivity contribution in [2.24, 2.45) is 0 Å². The molecule has 2 aromatic heterocycles. The number of aromatic nitrogens is 1. The van der Waals surface area contributed by atoms with Gasteiger partial charge in [0.1, 0.15) is 28.4 Å². The molecule has 0 amide bonds. The molecular weight excluding hydrogens is 439 g/mol. The first-order valence-electron chi connectivity index (χ1n) is 8.32. The summed E-state index contributed by atoms with van der Waals surface area (Å²) in [4.78, 5) is 4.51. The summed E-state index contributed by atoms with van der Waals surface area (Å²) in [5.41, 5.74) is 2.87. The number of halogens is 2. The summed E-state index contributed by atoms with van der Waals surface area (Å²) in [5, 5.41) is 12.0. The summed E-state index contributed by atoms with van der Waals surface area (Å²) in [5.74, 6) is 1.01. The van der Waals surface area contributed by atoms with Crippen LogP contribution in [0.1, 0.15) is 10.8 Å². The van der Waals surface area contributed by atoms with E-state index in [2.05, 4.69) is 27.0 Å². The van der Waals surface area contributed by atoms with E-state index in [4.69, 9.17) is 4.42 Å². The molecule has 0 bridgehead atoms. The van der Waals surface area contributed by atoms with Crippen LogP contribution >= 0.6 is 27.3 Å². The monoisotopic (exact) mass is 450 g/mol. The highest BCUT2D eigenvalue weighted by molar-refractivity contribution is 9.10. The van der Waals surface area contributed by atoms with Crippen molar-refractivity contribution in [3.8, 4) is 28.7 Å². The Kier molecular flexibility index (Phi) is 5.20. The second-order valence-electron chi connectivity index (χ2n) is 5.92. The number of thiazole rings is 1. The molecule has 0 N–H and O–H groups in total. The summed E-state index contributed by atoms with van der Waals surface area (Å²) in [7, 11) is 0. The molecule has 4 rings (SSSR count). The van der Waals surface area contributed by atoms with Crippen LogP contribution in [0.25, 0.3) is 34.2 Å². The maximum absolute atomic E-state index is 13.1. The van der Waals surface area contributed by atoms with E-state index in [0.717, 1.165) is 21.4 Å². The fourth-order valence-electron chi connectivity index (χ4n) is 2.63. The van der Waals surface area contributed by atoms with Crippen LogP contribution in [-0.2, 0) is 0 Å². The average molecular weight is 451 g/mol. The van der Waals surface area contributed by atoms with Gasteiger partial charge in [0.25, 0.3) is 0 Å². The Morgan fingerprint density at radius 2 is 1.75 bits per heavy atom. The quantitative estimate of drug-likeness (QED) is 0.313. The predicted molar refractivity (Wildman–Crippen MR) is 113 cm³/mol. The lowest BCUT2D eigenvalue weighted by Gasteiger charge is -1.97. The van der Waals surface area contributed by atoms with Crippen LogP contribution in [0.2, 0.25) is 0 Å². The van der Waals surface area contributed by atoms with Crippen LogP contribution in [0.15, 0.2) is 74.9 Å². The van der Waals surface area contributed by atoms with Gasteiger partial charge in [0.05, 0.1) is 11.3 Å². The van der Waals surface area contributed by atoms with E-state index in [1.54, 1.807) is 18.2 Å². The summed E-state index contributed by atoms with van der Waals surface area (Å²) in [6.07, 6.45) is 1.68. The molecule has 0 spiro atoms. The number of hydrogen-bond acceptors (Lipinski definition) is 4. The molecule has 0 unspecified atom stereocenters. The molecule has 0 atom stereocenters. The highest BCUT2D eigenvalue weighted by Crippen LogP contribution is 2.29. The third-order valence-electron chi connectivity index (χ3n) is 4.04. The molecule has 0 saturated heterocycles. The van der Waals surface area contributed by atoms with E-state index >= 15 is 0 Å². The third kappa shape index (κ3) is 3.96. The number of benzene rings is 2.